The number of nitrogens with zero attached hydrogens (tertiary/aromatic N) is 2. The van der Waals surface area contributed by atoms with Gasteiger partial charge in [-0.2, -0.15) is 0 Å². The van der Waals surface area contributed by atoms with Gasteiger partial charge < -0.3 is 10.5 Å². The molecule has 30 heavy (non-hydrogen) atoms. The lowest BCUT2D eigenvalue weighted by molar-refractivity contribution is -0.116. The van der Waals surface area contributed by atoms with Gasteiger partial charge in [0.1, 0.15) is 11.4 Å². The standard InChI is InChI=1S/C21H18BrN3O5/c1-30-21(29)16-7-14(10-2-3-10)17(24-18(16)23)11-4-5-13-15(6-11)20(28)25(19(13)27)9-12(26)8-22/h4-7,10H,2-3,8-9H2,1H3,(H2,23,24). The Morgan fingerprint density at radius 1 is 1.20 bits per heavy atom. The number of alkyl halides is 1. The minimum atomic E-state index is -0.560. The van der Waals surface area contributed by atoms with Gasteiger partial charge in [0.05, 0.1) is 35.8 Å². The Balaban J connectivity index is 1.77. The zero-order valence-electron chi connectivity index (χ0n) is 16.1. The number of nitrogen functional groups attached to an aromatic ring is 1. The monoisotopic (exact) mass is 471 g/mol. The summed E-state index contributed by atoms with van der Waals surface area (Å²) < 4.78 is 4.78. The first kappa shape index (κ1) is 20.2. The molecule has 0 unspecified atom stereocenters. The summed E-state index contributed by atoms with van der Waals surface area (Å²) >= 11 is 3.04. The lowest BCUT2D eigenvalue weighted by Crippen LogP contribution is -2.35. The molecule has 0 radical (unpaired) electrons. The average Bonchev–Trinajstić information content (AvgIpc) is 3.57. The molecule has 2 heterocycles. The van der Waals surface area contributed by atoms with E-state index in [4.69, 9.17) is 10.5 Å². The summed E-state index contributed by atoms with van der Waals surface area (Å²) in [4.78, 5) is 54.4. The van der Waals surface area contributed by atoms with E-state index in [1.54, 1.807) is 24.3 Å². The maximum absolute atomic E-state index is 12.8. The SMILES string of the molecule is COC(=O)c1cc(C2CC2)c(-c2ccc3c(c2)C(=O)N(CC(=O)CBr)C3=O)nc1N. The van der Waals surface area contributed by atoms with Gasteiger partial charge in [0.15, 0.2) is 5.78 Å². The van der Waals surface area contributed by atoms with Gasteiger partial charge >= 0.3 is 5.97 Å². The van der Waals surface area contributed by atoms with Crippen LogP contribution < -0.4 is 5.73 Å². The topological polar surface area (TPSA) is 120 Å². The zero-order chi connectivity index (χ0) is 21.6. The van der Waals surface area contributed by atoms with Crippen molar-refractivity contribution in [3.05, 3.63) is 46.5 Å². The van der Waals surface area contributed by atoms with E-state index in [2.05, 4.69) is 20.9 Å². The number of amides is 2. The van der Waals surface area contributed by atoms with Gasteiger partial charge in [-0.25, -0.2) is 9.78 Å². The highest BCUT2D eigenvalue weighted by Crippen LogP contribution is 2.45. The number of imide groups is 1. The van der Waals surface area contributed by atoms with E-state index in [0.29, 0.717) is 11.3 Å². The third kappa shape index (κ3) is 3.39. The highest BCUT2D eigenvalue weighted by atomic mass is 79.9. The summed E-state index contributed by atoms with van der Waals surface area (Å²) in [6.07, 6.45) is 1.92. The van der Waals surface area contributed by atoms with Gasteiger partial charge in [0.2, 0.25) is 0 Å². The van der Waals surface area contributed by atoms with Crippen LogP contribution in [0.5, 0.6) is 0 Å². The number of ether oxygens (including phenoxy) is 1. The number of pyridine rings is 1. The van der Waals surface area contributed by atoms with Crippen LogP contribution >= 0.6 is 15.9 Å². The lowest BCUT2D eigenvalue weighted by Gasteiger charge is -2.13. The van der Waals surface area contributed by atoms with Crippen molar-refractivity contribution in [3.8, 4) is 11.3 Å². The Labute approximate surface area is 180 Å². The normalized spacial score (nSPS) is 15.3. The summed E-state index contributed by atoms with van der Waals surface area (Å²) in [7, 11) is 1.28. The molecule has 0 atom stereocenters. The van der Waals surface area contributed by atoms with Gasteiger partial charge in [-0.05, 0) is 42.5 Å². The Morgan fingerprint density at radius 2 is 1.90 bits per heavy atom. The molecular formula is C21H18BrN3O5. The molecule has 0 bridgehead atoms. The van der Waals surface area contributed by atoms with Crippen molar-refractivity contribution in [3.63, 3.8) is 0 Å². The fourth-order valence-corrected chi connectivity index (χ4v) is 3.73. The summed E-state index contributed by atoms with van der Waals surface area (Å²) in [6, 6.07) is 6.56. The number of hydrogen-bond donors (Lipinski definition) is 1. The predicted octanol–water partition coefficient (Wildman–Crippen LogP) is 2.55. The van der Waals surface area contributed by atoms with Crippen molar-refractivity contribution in [2.75, 3.05) is 24.7 Å². The molecule has 4 rings (SSSR count). The minimum Gasteiger partial charge on any atom is -0.465 e. The van der Waals surface area contributed by atoms with Gasteiger partial charge in [-0.15, -0.1) is 0 Å². The summed E-state index contributed by atoms with van der Waals surface area (Å²) in [5.41, 5.74) is 8.71. The fraction of sp³-hybridized carbons (Fsp3) is 0.286. The number of carbonyl (C=O) groups is 4. The molecule has 9 heteroatoms. The Kier molecular flexibility index (Phi) is 5.15. The molecule has 1 fully saturated rings. The first-order valence-corrected chi connectivity index (χ1v) is 10.4. The maximum atomic E-state index is 12.8. The summed E-state index contributed by atoms with van der Waals surface area (Å²) in [6.45, 7) is -0.278. The Hall–Kier alpha value is -3.07. The number of aromatic nitrogens is 1. The van der Waals surface area contributed by atoms with E-state index >= 15 is 0 Å². The van der Waals surface area contributed by atoms with Crippen molar-refractivity contribution in [1.29, 1.82) is 0 Å². The number of ketones is 1. The van der Waals surface area contributed by atoms with E-state index in [1.165, 1.54) is 7.11 Å². The fourth-order valence-electron chi connectivity index (χ4n) is 3.55. The average molecular weight is 472 g/mol. The van der Waals surface area contributed by atoms with Crippen molar-refractivity contribution >= 4 is 45.3 Å². The van der Waals surface area contributed by atoms with Crippen molar-refractivity contribution in [2.45, 2.75) is 18.8 Å². The molecular weight excluding hydrogens is 454 g/mol. The second-order valence-electron chi connectivity index (χ2n) is 7.25. The van der Waals surface area contributed by atoms with Crippen molar-refractivity contribution in [1.82, 2.24) is 9.88 Å². The number of fused-ring (bicyclic) bond motifs is 1. The van der Waals surface area contributed by atoms with E-state index in [-0.39, 0.29) is 46.1 Å². The largest absolute Gasteiger partial charge is 0.465 e. The number of methoxy groups -OCH3 is 1. The molecule has 2 aromatic rings. The Morgan fingerprint density at radius 3 is 2.53 bits per heavy atom. The zero-order valence-corrected chi connectivity index (χ0v) is 17.7. The van der Waals surface area contributed by atoms with E-state index in [0.717, 1.165) is 23.3 Å². The van der Waals surface area contributed by atoms with Crippen LogP contribution in [0.1, 0.15) is 55.4 Å². The molecule has 2 amide bonds. The van der Waals surface area contributed by atoms with Crippen LogP contribution in [-0.2, 0) is 9.53 Å². The molecule has 1 aromatic carbocycles. The van der Waals surface area contributed by atoms with Crippen molar-refractivity contribution < 1.29 is 23.9 Å². The second-order valence-corrected chi connectivity index (χ2v) is 7.81. The van der Waals surface area contributed by atoms with E-state index in [9.17, 15) is 19.2 Å². The van der Waals surface area contributed by atoms with Crippen LogP contribution in [0.25, 0.3) is 11.3 Å². The van der Waals surface area contributed by atoms with E-state index in [1.807, 2.05) is 0 Å². The van der Waals surface area contributed by atoms with Gasteiger partial charge in [-0.3, -0.25) is 19.3 Å². The van der Waals surface area contributed by atoms with Crippen LogP contribution in [0.3, 0.4) is 0 Å². The molecule has 0 spiro atoms. The van der Waals surface area contributed by atoms with Crippen LogP contribution in [-0.4, -0.2) is 52.4 Å². The number of benzene rings is 1. The molecule has 2 aliphatic rings. The van der Waals surface area contributed by atoms with Crippen LogP contribution in [0.2, 0.25) is 0 Å². The molecule has 154 valence electrons. The van der Waals surface area contributed by atoms with Crippen LogP contribution in [0, 0.1) is 0 Å². The molecule has 0 saturated heterocycles. The third-order valence-corrected chi connectivity index (χ3v) is 5.86. The highest BCUT2D eigenvalue weighted by Gasteiger charge is 2.37. The first-order chi connectivity index (χ1) is 14.3. The smallest absolute Gasteiger partial charge is 0.341 e. The van der Waals surface area contributed by atoms with E-state index < -0.39 is 17.8 Å². The molecule has 1 saturated carbocycles. The number of Topliss-reactive ketones (excluding diaryl/α,β-unsaturated/α-hetero) is 1. The summed E-state index contributed by atoms with van der Waals surface area (Å²) in [5.74, 6) is -1.56. The molecule has 2 N–H and O–H groups in total. The molecule has 8 nitrogen and oxygen atoms in total. The number of rotatable bonds is 6. The van der Waals surface area contributed by atoms with Gasteiger partial charge in [0, 0.05) is 5.56 Å². The van der Waals surface area contributed by atoms with Gasteiger partial charge in [0.25, 0.3) is 11.8 Å². The minimum absolute atomic E-state index is 0.0358. The van der Waals surface area contributed by atoms with Crippen LogP contribution in [0.15, 0.2) is 24.3 Å². The number of halogens is 1. The van der Waals surface area contributed by atoms with Gasteiger partial charge in [-0.1, -0.05) is 22.0 Å². The number of nitrogens with two attached hydrogens (primary N) is 1. The van der Waals surface area contributed by atoms with Crippen molar-refractivity contribution in [2.24, 2.45) is 0 Å². The predicted molar refractivity (Wildman–Crippen MR) is 112 cm³/mol. The quantitative estimate of drug-likeness (QED) is 0.390. The molecule has 1 aliphatic heterocycles. The summed E-state index contributed by atoms with van der Waals surface area (Å²) in [5, 5.41) is 0.0617. The maximum Gasteiger partial charge on any atom is 0.341 e. The lowest BCUT2D eigenvalue weighted by atomic mass is 9.97. The Bertz CT molecular complexity index is 1110. The van der Waals surface area contributed by atoms with Crippen LogP contribution in [0.4, 0.5) is 5.82 Å². The number of esters is 1. The highest BCUT2D eigenvalue weighted by molar-refractivity contribution is 9.09. The number of carbonyl (C=O) groups excluding carboxylic acids is 4. The number of hydrogen-bond acceptors (Lipinski definition) is 7. The second kappa shape index (κ2) is 7.64. The third-order valence-electron chi connectivity index (χ3n) is 5.23. The first-order valence-electron chi connectivity index (χ1n) is 9.32. The molecule has 1 aromatic heterocycles. The molecule has 1 aliphatic carbocycles. The number of anilines is 1.